The van der Waals surface area contributed by atoms with E-state index in [1.165, 1.54) is 29.8 Å². The third-order valence-electron chi connectivity index (χ3n) is 3.68. The minimum atomic E-state index is -0.282. The number of benzene rings is 1. The second-order valence-corrected chi connectivity index (χ2v) is 5.70. The van der Waals surface area contributed by atoms with Gasteiger partial charge in [-0.1, -0.05) is 0 Å². The molecule has 6 heteroatoms. The maximum Gasteiger partial charge on any atom is 0.317 e. The minimum absolute atomic E-state index is 0.0368. The van der Waals surface area contributed by atoms with Crippen LogP contribution < -0.4 is 15.5 Å². The van der Waals surface area contributed by atoms with Gasteiger partial charge in [-0.3, -0.25) is 4.79 Å². The van der Waals surface area contributed by atoms with Gasteiger partial charge in [-0.2, -0.15) is 0 Å². The quantitative estimate of drug-likeness (QED) is 0.893. The lowest BCUT2D eigenvalue weighted by Crippen LogP contribution is -2.39. The van der Waals surface area contributed by atoms with Gasteiger partial charge in [-0.05, 0) is 43.5 Å². The van der Waals surface area contributed by atoms with Gasteiger partial charge in [-0.15, -0.1) is 0 Å². The monoisotopic (exact) mass is 304 g/mol. The van der Waals surface area contributed by atoms with Gasteiger partial charge in [0.15, 0.2) is 0 Å². The van der Waals surface area contributed by atoms with Crippen molar-refractivity contribution in [3.8, 4) is 0 Å². The Kier molecular flexibility index (Phi) is 5.63. The van der Waals surface area contributed by atoms with E-state index in [0.29, 0.717) is 0 Å². The van der Waals surface area contributed by atoms with Crippen LogP contribution in [0.1, 0.15) is 19.3 Å². The second-order valence-electron chi connectivity index (χ2n) is 5.70. The van der Waals surface area contributed by atoms with Crippen molar-refractivity contribution in [1.82, 2.24) is 10.2 Å². The van der Waals surface area contributed by atoms with Gasteiger partial charge in [0.05, 0.1) is 6.54 Å². The van der Waals surface area contributed by atoms with Crippen LogP contribution in [-0.2, 0) is 4.79 Å². The maximum absolute atomic E-state index is 11.8. The summed E-state index contributed by atoms with van der Waals surface area (Å²) in [5.74, 6) is -0.235. The molecule has 1 aliphatic rings. The SMILES string of the molecule is CN(C)C(=O)NCC(=O)Nc1ccc(N2CCCCC2)cc1. The Hall–Kier alpha value is -2.24. The number of nitrogens with one attached hydrogen (secondary N) is 2. The van der Waals surface area contributed by atoms with Crippen LogP contribution in [0.3, 0.4) is 0 Å². The van der Waals surface area contributed by atoms with Crippen LogP contribution in [0.5, 0.6) is 0 Å². The molecule has 0 radical (unpaired) electrons. The Morgan fingerprint density at radius 3 is 2.32 bits per heavy atom. The summed E-state index contributed by atoms with van der Waals surface area (Å²) in [6.07, 6.45) is 3.79. The molecule has 120 valence electrons. The predicted molar refractivity (Wildman–Crippen MR) is 88.2 cm³/mol. The number of piperidine rings is 1. The average Bonchev–Trinajstić information content (AvgIpc) is 2.54. The van der Waals surface area contributed by atoms with E-state index in [9.17, 15) is 9.59 Å². The van der Waals surface area contributed by atoms with Crippen LogP contribution in [-0.4, -0.2) is 50.6 Å². The van der Waals surface area contributed by atoms with Crippen molar-refractivity contribution >= 4 is 23.3 Å². The predicted octanol–water partition coefficient (Wildman–Crippen LogP) is 1.89. The molecule has 0 aliphatic carbocycles. The minimum Gasteiger partial charge on any atom is -0.372 e. The topological polar surface area (TPSA) is 64.7 Å². The fourth-order valence-electron chi connectivity index (χ4n) is 2.43. The zero-order valence-electron chi connectivity index (χ0n) is 13.3. The smallest absolute Gasteiger partial charge is 0.317 e. The summed E-state index contributed by atoms with van der Waals surface area (Å²) in [4.78, 5) is 26.9. The molecule has 6 nitrogen and oxygen atoms in total. The Labute approximate surface area is 131 Å². The largest absolute Gasteiger partial charge is 0.372 e. The normalized spacial score (nSPS) is 14.4. The zero-order valence-corrected chi connectivity index (χ0v) is 13.3. The highest BCUT2D eigenvalue weighted by Gasteiger charge is 2.11. The van der Waals surface area contributed by atoms with E-state index in [-0.39, 0.29) is 18.5 Å². The first kappa shape index (κ1) is 16.1. The van der Waals surface area contributed by atoms with E-state index >= 15 is 0 Å². The molecule has 0 spiro atoms. The maximum atomic E-state index is 11.8. The highest BCUT2D eigenvalue weighted by molar-refractivity contribution is 5.94. The number of rotatable bonds is 4. The van der Waals surface area contributed by atoms with Crippen LogP contribution in [0, 0.1) is 0 Å². The number of hydrogen-bond donors (Lipinski definition) is 2. The molecule has 1 saturated heterocycles. The third kappa shape index (κ3) is 4.65. The highest BCUT2D eigenvalue weighted by atomic mass is 16.2. The van der Waals surface area contributed by atoms with Crippen LogP contribution in [0.15, 0.2) is 24.3 Å². The van der Waals surface area contributed by atoms with Crippen molar-refractivity contribution < 1.29 is 9.59 Å². The Morgan fingerprint density at radius 2 is 1.73 bits per heavy atom. The van der Waals surface area contributed by atoms with Crippen molar-refractivity contribution in [2.75, 3.05) is 43.9 Å². The van der Waals surface area contributed by atoms with Crippen molar-refractivity contribution in [2.45, 2.75) is 19.3 Å². The van der Waals surface area contributed by atoms with E-state index in [1.54, 1.807) is 14.1 Å². The number of anilines is 2. The van der Waals surface area contributed by atoms with Gasteiger partial charge in [0.25, 0.3) is 0 Å². The van der Waals surface area contributed by atoms with Gasteiger partial charge in [0, 0.05) is 38.6 Å². The first-order valence-corrected chi connectivity index (χ1v) is 7.66. The molecule has 22 heavy (non-hydrogen) atoms. The fraction of sp³-hybridized carbons (Fsp3) is 0.500. The molecule has 1 aliphatic heterocycles. The Balaban J connectivity index is 1.82. The third-order valence-corrected chi connectivity index (χ3v) is 3.68. The van der Waals surface area contributed by atoms with Crippen LogP contribution in [0.25, 0.3) is 0 Å². The number of carbonyl (C=O) groups excluding carboxylic acids is 2. The van der Waals surface area contributed by atoms with E-state index in [2.05, 4.69) is 15.5 Å². The lowest BCUT2D eigenvalue weighted by atomic mass is 10.1. The standard InChI is InChI=1S/C16H24N4O2/c1-19(2)16(22)17-12-15(21)18-13-6-8-14(9-7-13)20-10-4-3-5-11-20/h6-9H,3-5,10-12H2,1-2H3,(H,17,22)(H,18,21). The molecule has 0 atom stereocenters. The van der Waals surface area contributed by atoms with Gasteiger partial charge < -0.3 is 20.4 Å². The zero-order chi connectivity index (χ0) is 15.9. The van der Waals surface area contributed by atoms with Gasteiger partial charge >= 0.3 is 6.03 Å². The summed E-state index contributed by atoms with van der Waals surface area (Å²) in [6.45, 7) is 2.16. The molecule has 1 aromatic rings. The molecule has 3 amide bonds. The van der Waals surface area contributed by atoms with Crippen LogP contribution in [0.2, 0.25) is 0 Å². The number of urea groups is 1. The molecule has 2 N–H and O–H groups in total. The highest BCUT2D eigenvalue weighted by Crippen LogP contribution is 2.21. The number of nitrogens with zero attached hydrogens (tertiary/aromatic N) is 2. The molecule has 0 unspecified atom stereocenters. The summed E-state index contributed by atoms with van der Waals surface area (Å²) in [5, 5.41) is 5.31. The first-order valence-electron chi connectivity index (χ1n) is 7.66. The summed E-state index contributed by atoms with van der Waals surface area (Å²) in [6, 6.07) is 7.57. The molecular weight excluding hydrogens is 280 g/mol. The molecule has 1 fully saturated rings. The lowest BCUT2D eigenvalue weighted by molar-refractivity contribution is -0.115. The van der Waals surface area contributed by atoms with E-state index < -0.39 is 0 Å². The van der Waals surface area contributed by atoms with Crippen molar-refractivity contribution in [1.29, 1.82) is 0 Å². The van der Waals surface area contributed by atoms with Gasteiger partial charge in [-0.25, -0.2) is 4.79 Å². The van der Waals surface area contributed by atoms with Crippen molar-refractivity contribution in [2.24, 2.45) is 0 Å². The van der Waals surface area contributed by atoms with E-state index in [1.807, 2.05) is 24.3 Å². The Morgan fingerprint density at radius 1 is 1.09 bits per heavy atom. The second kappa shape index (κ2) is 7.68. The Bertz CT molecular complexity index is 507. The van der Waals surface area contributed by atoms with Crippen LogP contribution in [0.4, 0.5) is 16.2 Å². The lowest BCUT2D eigenvalue weighted by Gasteiger charge is -2.28. The fourth-order valence-corrected chi connectivity index (χ4v) is 2.43. The van der Waals surface area contributed by atoms with Crippen LogP contribution >= 0.6 is 0 Å². The molecule has 1 aromatic carbocycles. The molecule has 0 saturated carbocycles. The summed E-state index contributed by atoms with van der Waals surface area (Å²) in [7, 11) is 3.26. The van der Waals surface area contributed by atoms with E-state index in [4.69, 9.17) is 0 Å². The summed E-state index contributed by atoms with van der Waals surface area (Å²) < 4.78 is 0. The number of carbonyl (C=O) groups is 2. The number of amides is 3. The van der Waals surface area contributed by atoms with Gasteiger partial charge in [0.2, 0.25) is 5.91 Å². The molecule has 0 bridgehead atoms. The van der Waals surface area contributed by atoms with Gasteiger partial charge in [0.1, 0.15) is 0 Å². The molecular formula is C16H24N4O2. The summed E-state index contributed by atoms with van der Waals surface area (Å²) in [5.41, 5.74) is 1.93. The van der Waals surface area contributed by atoms with Crippen molar-refractivity contribution in [3.05, 3.63) is 24.3 Å². The number of hydrogen-bond acceptors (Lipinski definition) is 3. The average molecular weight is 304 g/mol. The first-order chi connectivity index (χ1) is 10.6. The molecule has 1 heterocycles. The van der Waals surface area contributed by atoms with E-state index in [0.717, 1.165) is 18.8 Å². The molecule has 2 rings (SSSR count). The summed E-state index contributed by atoms with van der Waals surface area (Å²) >= 11 is 0. The molecule has 0 aromatic heterocycles. The van der Waals surface area contributed by atoms with Crippen molar-refractivity contribution in [3.63, 3.8) is 0 Å².